The first-order valence-electron chi connectivity index (χ1n) is 4.37. The van der Waals surface area contributed by atoms with E-state index < -0.39 is 11.5 Å². The summed E-state index contributed by atoms with van der Waals surface area (Å²) in [5.41, 5.74) is 0.0308. The lowest BCUT2D eigenvalue weighted by molar-refractivity contribution is -0.132. The molecule has 0 amide bonds. The highest BCUT2D eigenvalue weighted by Crippen LogP contribution is 2.33. The van der Waals surface area contributed by atoms with Gasteiger partial charge in [-0.1, -0.05) is 11.6 Å². The highest BCUT2D eigenvalue weighted by atomic mass is 79.9. The normalized spacial score (nSPS) is 10.8. The summed E-state index contributed by atoms with van der Waals surface area (Å²) in [7, 11) is 1.44. The van der Waals surface area contributed by atoms with Crippen molar-refractivity contribution in [2.24, 2.45) is 0 Å². The minimum absolute atomic E-state index is 0.391. The molecule has 0 bridgehead atoms. The maximum atomic E-state index is 10.7. The van der Waals surface area contributed by atoms with Crippen LogP contribution in [0.1, 0.15) is 5.56 Å². The maximum absolute atomic E-state index is 10.7. The molecule has 0 radical (unpaired) electrons. The van der Waals surface area contributed by atoms with E-state index >= 15 is 0 Å². The van der Waals surface area contributed by atoms with E-state index in [9.17, 15) is 4.79 Å². The van der Waals surface area contributed by atoms with Crippen LogP contribution in [0.4, 0.5) is 0 Å². The quantitative estimate of drug-likeness (QED) is 0.687. The van der Waals surface area contributed by atoms with Gasteiger partial charge in [-0.15, -0.1) is 0 Å². The summed E-state index contributed by atoms with van der Waals surface area (Å²) in [6.07, 6.45) is 1.21. The molecule has 0 aromatic heterocycles. The summed E-state index contributed by atoms with van der Waals surface area (Å²) in [6.45, 7) is 0. The molecule has 17 heavy (non-hydrogen) atoms. The van der Waals surface area contributed by atoms with E-state index in [-0.39, 0.29) is 0 Å². The average molecular weight is 317 g/mol. The van der Waals surface area contributed by atoms with Gasteiger partial charge in [-0.25, -0.2) is 4.79 Å². The Balaban J connectivity index is 3.41. The maximum Gasteiger partial charge on any atom is 0.346 e. The lowest BCUT2D eigenvalue weighted by atomic mass is 10.1. The largest absolute Gasteiger partial charge is 0.495 e. The Morgan fingerprint density at radius 2 is 2.29 bits per heavy atom. The van der Waals surface area contributed by atoms with Gasteiger partial charge in [0.15, 0.2) is 0 Å². The summed E-state index contributed by atoms with van der Waals surface area (Å²) in [5.74, 6) is -0.881. The van der Waals surface area contributed by atoms with E-state index in [1.807, 2.05) is 0 Å². The third-order valence-corrected chi connectivity index (χ3v) is 2.70. The summed E-state index contributed by atoms with van der Waals surface area (Å²) < 4.78 is 5.69. The van der Waals surface area contributed by atoms with Crippen LogP contribution in [-0.4, -0.2) is 18.2 Å². The molecule has 0 saturated carbocycles. The number of carboxylic acid groups (broad SMARTS) is 1. The van der Waals surface area contributed by atoms with Crippen LogP contribution >= 0.6 is 27.5 Å². The van der Waals surface area contributed by atoms with Gasteiger partial charge in [0, 0.05) is 10.6 Å². The molecule has 4 nitrogen and oxygen atoms in total. The van der Waals surface area contributed by atoms with Gasteiger partial charge >= 0.3 is 5.97 Å². The number of aliphatic carboxylic acids is 1. The van der Waals surface area contributed by atoms with Gasteiger partial charge in [-0.2, -0.15) is 5.26 Å². The Labute approximate surface area is 111 Å². The second kappa shape index (κ2) is 5.71. The Morgan fingerprint density at radius 1 is 1.65 bits per heavy atom. The third-order valence-electron chi connectivity index (χ3n) is 1.89. The minimum atomic E-state index is -1.30. The highest BCUT2D eigenvalue weighted by molar-refractivity contribution is 9.10. The van der Waals surface area contributed by atoms with E-state index in [4.69, 9.17) is 26.7 Å². The summed E-state index contributed by atoms with van der Waals surface area (Å²) in [6, 6.07) is 4.72. The molecule has 0 fully saturated rings. The number of halogens is 2. The van der Waals surface area contributed by atoms with Crippen molar-refractivity contribution in [2.45, 2.75) is 0 Å². The van der Waals surface area contributed by atoms with Crippen LogP contribution < -0.4 is 4.74 Å². The number of nitriles is 1. The van der Waals surface area contributed by atoms with Crippen molar-refractivity contribution < 1.29 is 14.6 Å². The molecule has 0 unspecified atom stereocenters. The first-order chi connectivity index (χ1) is 7.99. The molecule has 1 rings (SSSR count). The van der Waals surface area contributed by atoms with E-state index in [0.29, 0.717) is 20.8 Å². The smallest absolute Gasteiger partial charge is 0.346 e. The minimum Gasteiger partial charge on any atom is -0.495 e. The van der Waals surface area contributed by atoms with E-state index in [1.54, 1.807) is 12.1 Å². The van der Waals surface area contributed by atoms with Crippen LogP contribution in [0.25, 0.3) is 6.08 Å². The zero-order chi connectivity index (χ0) is 13.0. The number of carboxylic acids is 1. The van der Waals surface area contributed by atoms with Crippen molar-refractivity contribution in [1.82, 2.24) is 0 Å². The standard InChI is InChI=1S/C11H7BrClNO3/c1-17-10-6(2-7(5-14)11(15)16)3-8(13)4-9(10)12/h2-4H,1H3,(H,15,16). The Morgan fingerprint density at radius 3 is 2.76 bits per heavy atom. The molecule has 88 valence electrons. The Bertz CT molecular complexity index is 534. The molecule has 0 atom stereocenters. The predicted octanol–water partition coefficient (Wildman–Crippen LogP) is 3.10. The number of rotatable bonds is 3. The molecule has 0 aliphatic heterocycles. The predicted molar refractivity (Wildman–Crippen MR) is 66.9 cm³/mol. The summed E-state index contributed by atoms with van der Waals surface area (Å²) in [5, 5.41) is 17.8. The van der Waals surface area contributed by atoms with Gasteiger partial charge in [-0.05, 0) is 34.1 Å². The molecule has 0 heterocycles. The molecule has 0 spiro atoms. The van der Waals surface area contributed by atoms with Crippen molar-refractivity contribution in [3.05, 3.63) is 32.8 Å². The fourth-order valence-electron chi connectivity index (χ4n) is 1.20. The highest BCUT2D eigenvalue weighted by Gasteiger charge is 2.11. The van der Waals surface area contributed by atoms with Crippen molar-refractivity contribution in [1.29, 1.82) is 5.26 Å². The van der Waals surface area contributed by atoms with Crippen LogP contribution in [0.5, 0.6) is 5.75 Å². The number of hydrogen-bond acceptors (Lipinski definition) is 3. The van der Waals surface area contributed by atoms with E-state index in [2.05, 4.69) is 15.9 Å². The van der Waals surface area contributed by atoms with Gasteiger partial charge in [0.1, 0.15) is 17.4 Å². The zero-order valence-electron chi connectivity index (χ0n) is 8.70. The topological polar surface area (TPSA) is 70.3 Å². The lowest BCUT2D eigenvalue weighted by Crippen LogP contribution is -1.98. The fourth-order valence-corrected chi connectivity index (χ4v) is 2.20. The van der Waals surface area contributed by atoms with Gasteiger partial charge < -0.3 is 9.84 Å². The van der Waals surface area contributed by atoms with E-state index in [1.165, 1.54) is 19.3 Å². The number of carbonyl (C=O) groups is 1. The Hall–Kier alpha value is -1.51. The molecule has 0 aliphatic carbocycles. The molecular weight excluding hydrogens is 309 g/mol. The molecule has 0 saturated heterocycles. The number of hydrogen-bond donors (Lipinski definition) is 1. The second-order valence-corrected chi connectivity index (χ2v) is 4.28. The number of benzene rings is 1. The third kappa shape index (κ3) is 3.22. The first kappa shape index (κ1) is 13.6. The average Bonchev–Trinajstić information content (AvgIpc) is 2.24. The first-order valence-corrected chi connectivity index (χ1v) is 5.54. The second-order valence-electron chi connectivity index (χ2n) is 2.99. The molecule has 6 heteroatoms. The van der Waals surface area contributed by atoms with Crippen LogP contribution in [-0.2, 0) is 4.79 Å². The van der Waals surface area contributed by atoms with Crippen LogP contribution in [0, 0.1) is 11.3 Å². The zero-order valence-corrected chi connectivity index (χ0v) is 11.0. The Kier molecular flexibility index (Phi) is 4.55. The van der Waals surface area contributed by atoms with Crippen LogP contribution in [0.3, 0.4) is 0 Å². The van der Waals surface area contributed by atoms with Gasteiger partial charge in [0.05, 0.1) is 11.6 Å². The monoisotopic (exact) mass is 315 g/mol. The van der Waals surface area contributed by atoms with Crippen molar-refractivity contribution in [3.63, 3.8) is 0 Å². The molecule has 1 aromatic rings. The number of ether oxygens (including phenoxy) is 1. The van der Waals surface area contributed by atoms with Crippen LogP contribution in [0.2, 0.25) is 5.02 Å². The van der Waals surface area contributed by atoms with E-state index in [0.717, 1.165) is 0 Å². The fraction of sp³-hybridized carbons (Fsp3) is 0.0909. The van der Waals surface area contributed by atoms with Crippen molar-refractivity contribution >= 4 is 39.6 Å². The van der Waals surface area contributed by atoms with Gasteiger partial charge in [-0.3, -0.25) is 0 Å². The number of nitrogens with zero attached hydrogens (tertiary/aromatic N) is 1. The lowest BCUT2D eigenvalue weighted by Gasteiger charge is -2.08. The molecular formula is C11H7BrClNO3. The van der Waals surface area contributed by atoms with Crippen LogP contribution in [0.15, 0.2) is 22.2 Å². The van der Waals surface area contributed by atoms with Gasteiger partial charge in [0.2, 0.25) is 0 Å². The van der Waals surface area contributed by atoms with Crippen molar-refractivity contribution in [3.8, 4) is 11.8 Å². The summed E-state index contributed by atoms with van der Waals surface area (Å²) >= 11 is 9.08. The number of methoxy groups -OCH3 is 1. The molecule has 0 aliphatic rings. The molecule has 1 N–H and O–H groups in total. The van der Waals surface area contributed by atoms with Crippen molar-refractivity contribution in [2.75, 3.05) is 7.11 Å². The molecule has 1 aromatic carbocycles. The SMILES string of the molecule is COc1c(Br)cc(Cl)cc1C=C(C#N)C(=O)O. The summed E-state index contributed by atoms with van der Waals surface area (Å²) in [4.78, 5) is 10.7. The van der Waals surface area contributed by atoms with Gasteiger partial charge in [0.25, 0.3) is 0 Å².